The Morgan fingerprint density at radius 2 is 1.90 bits per heavy atom. The Hall–Kier alpha value is -3.06. The number of halogens is 3. The van der Waals surface area contributed by atoms with Crippen LogP contribution in [0.1, 0.15) is 24.2 Å². The fourth-order valence-electron chi connectivity index (χ4n) is 5.31. The molecule has 3 aromatic heterocycles. The van der Waals surface area contributed by atoms with Crippen LogP contribution in [-0.2, 0) is 10.0 Å². The first-order valence-electron chi connectivity index (χ1n) is 12.1. The molecule has 10 nitrogen and oxygen atoms in total. The summed E-state index contributed by atoms with van der Waals surface area (Å²) in [6.07, 6.45) is 3.70. The number of aromatic nitrogens is 5. The summed E-state index contributed by atoms with van der Waals surface area (Å²) in [6, 6.07) is 5.15. The fraction of sp³-hybridized carbons (Fsp3) is 0.360. The third-order valence-corrected chi connectivity index (χ3v) is 9.08. The molecule has 0 aliphatic carbocycles. The Morgan fingerprint density at radius 1 is 1.15 bits per heavy atom. The fourth-order valence-corrected chi connectivity index (χ4v) is 6.96. The van der Waals surface area contributed by atoms with E-state index in [9.17, 15) is 8.42 Å². The first-order chi connectivity index (χ1) is 18.4. The first kappa shape index (κ1) is 26.2. The van der Waals surface area contributed by atoms with Gasteiger partial charge in [-0.1, -0.05) is 23.2 Å². The van der Waals surface area contributed by atoms with Gasteiger partial charge < -0.3 is 9.64 Å². The van der Waals surface area contributed by atoms with E-state index in [1.54, 1.807) is 6.20 Å². The number of fused-ring (bicyclic) bond motifs is 1. The average molecular weight is 592 g/mol. The van der Waals surface area contributed by atoms with Crippen molar-refractivity contribution in [2.45, 2.75) is 20.0 Å². The van der Waals surface area contributed by atoms with Crippen LogP contribution >= 0.6 is 23.2 Å². The molecule has 204 valence electrons. The van der Waals surface area contributed by atoms with E-state index >= 15 is 4.39 Å². The number of aromatic amines is 1. The van der Waals surface area contributed by atoms with E-state index in [1.165, 1.54) is 22.8 Å². The topological polar surface area (TPSA) is 117 Å². The molecule has 5 heterocycles. The van der Waals surface area contributed by atoms with Gasteiger partial charge in [0.1, 0.15) is 17.5 Å². The normalized spacial score (nSPS) is 17.7. The van der Waals surface area contributed by atoms with Gasteiger partial charge in [0.2, 0.25) is 10.0 Å². The van der Waals surface area contributed by atoms with Crippen molar-refractivity contribution in [1.29, 1.82) is 0 Å². The van der Waals surface area contributed by atoms with E-state index < -0.39 is 21.9 Å². The third kappa shape index (κ3) is 4.58. The van der Waals surface area contributed by atoms with E-state index in [2.05, 4.69) is 25.4 Å². The molecule has 2 aliphatic heterocycles. The summed E-state index contributed by atoms with van der Waals surface area (Å²) < 4.78 is 46.2. The summed E-state index contributed by atoms with van der Waals surface area (Å²) in [6.45, 7) is 5.76. The number of hydrogen-bond acceptors (Lipinski definition) is 8. The lowest BCUT2D eigenvalue weighted by Gasteiger charge is -2.59. The number of nitrogens with one attached hydrogen (secondary N) is 1. The zero-order valence-corrected chi connectivity index (χ0v) is 23.6. The smallest absolute Gasteiger partial charge is 0.211 e. The molecule has 1 spiro atoms. The van der Waals surface area contributed by atoms with E-state index in [-0.39, 0.29) is 16.4 Å². The second-order valence-corrected chi connectivity index (χ2v) is 13.1. The van der Waals surface area contributed by atoms with Crippen LogP contribution in [0.25, 0.3) is 22.2 Å². The molecular formula is C25H24Cl2FN7O3S. The maximum absolute atomic E-state index is 15.2. The molecule has 2 aliphatic rings. The molecule has 0 bridgehead atoms. The van der Waals surface area contributed by atoms with Crippen LogP contribution in [0.2, 0.25) is 10.2 Å². The summed E-state index contributed by atoms with van der Waals surface area (Å²) in [5.74, 6) is 0.362. The van der Waals surface area contributed by atoms with Crippen molar-refractivity contribution in [3.8, 4) is 17.0 Å². The molecule has 0 saturated carbocycles. The van der Waals surface area contributed by atoms with Gasteiger partial charge in [0, 0.05) is 48.7 Å². The molecule has 2 fully saturated rings. The molecule has 0 unspecified atom stereocenters. The molecular weight excluding hydrogens is 568 g/mol. The maximum atomic E-state index is 15.2. The van der Waals surface area contributed by atoms with E-state index in [4.69, 9.17) is 27.9 Å². The Balaban J connectivity index is 1.23. The van der Waals surface area contributed by atoms with Crippen LogP contribution in [0.4, 0.5) is 10.2 Å². The standard InChI is InChI=1S/C25H24Cl2FN7O3S/c1-13-4-19-16(6-20(13)38-14(2)21-17(26)8-30-33-23(21)27)22(32-31-19)15-5-18(28)24(29-7-15)34-9-25(10-34)11-35(12-25)39(3,36)37/h4-8,14H,9-12H2,1-3H3,(H,31,32)/t14-/m0/s1. The number of sulfonamides is 1. The molecule has 6 rings (SSSR count). The van der Waals surface area contributed by atoms with Crippen LogP contribution in [-0.4, -0.2) is 70.5 Å². The van der Waals surface area contributed by atoms with Crippen molar-refractivity contribution in [3.05, 3.63) is 57.7 Å². The average Bonchev–Trinajstić information content (AvgIpc) is 3.20. The number of hydrogen-bond donors (Lipinski definition) is 1. The number of H-pyrrole nitrogens is 1. The van der Waals surface area contributed by atoms with Crippen LogP contribution in [0.15, 0.2) is 30.6 Å². The molecule has 14 heteroatoms. The molecule has 0 radical (unpaired) electrons. The highest BCUT2D eigenvalue weighted by Gasteiger charge is 2.55. The number of nitrogens with zero attached hydrogens (tertiary/aromatic N) is 6. The zero-order valence-electron chi connectivity index (χ0n) is 21.2. The third-order valence-electron chi connectivity index (χ3n) is 7.30. The predicted octanol–water partition coefficient (Wildman–Crippen LogP) is 4.39. The lowest BCUT2D eigenvalue weighted by Crippen LogP contribution is -2.73. The summed E-state index contributed by atoms with van der Waals surface area (Å²) in [7, 11) is -3.19. The van der Waals surface area contributed by atoms with E-state index in [1.807, 2.05) is 30.9 Å². The highest BCUT2D eigenvalue weighted by atomic mass is 35.5. The molecule has 39 heavy (non-hydrogen) atoms. The van der Waals surface area contributed by atoms with Crippen LogP contribution < -0.4 is 9.64 Å². The second kappa shape index (κ2) is 9.26. The summed E-state index contributed by atoms with van der Waals surface area (Å²) >= 11 is 12.5. The minimum atomic E-state index is -3.19. The quantitative estimate of drug-likeness (QED) is 0.351. The first-order valence-corrected chi connectivity index (χ1v) is 14.7. The highest BCUT2D eigenvalue weighted by Crippen LogP contribution is 2.43. The second-order valence-electron chi connectivity index (χ2n) is 10.3. The minimum Gasteiger partial charge on any atom is -0.486 e. The van der Waals surface area contributed by atoms with Gasteiger partial charge in [-0.2, -0.15) is 10.2 Å². The van der Waals surface area contributed by atoms with Gasteiger partial charge in [-0.3, -0.25) is 5.10 Å². The minimum absolute atomic E-state index is 0.125. The van der Waals surface area contributed by atoms with Gasteiger partial charge in [-0.25, -0.2) is 22.1 Å². The number of anilines is 1. The monoisotopic (exact) mass is 591 g/mol. The maximum Gasteiger partial charge on any atom is 0.211 e. The van der Waals surface area contributed by atoms with Crippen LogP contribution in [0, 0.1) is 18.2 Å². The van der Waals surface area contributed by atoms with Gasteiger partial charge in [0.25, 0.3) is 0 Å². The largest absolute Gasteiger partial charge is 0.486 e. The van der Waals surface area contributed by atoms with Gasteiger partial charge >= 0.3 is 0 Å². The van der Waals surface area contributed by atoms with Crippen molar-refractivity contribution >= 4 is 49.9 Å². The van der Waals surface area contributed by atoms with E-state index in [0.29, 0.717) is 53.8 Å². The number of aryl methyl sites for hydroxylation is 1. The number of benzene rings is 1. The summed E-state index contributed by atoms with van der Waals surface area (Å²) in [4.78, 5) is 6.23. The molecule has 1 N–H and O–H groups in total. The zero-order chi connectivity index (χ0) is 27.7. The Bertz CT molecular complexity index is 1700. The van der Waals surface area contributed by atoms with Gasteiger partial charge in [0.15, 0.2) is 16.8 Å². The van der Waals surface area contributed by atoms with Gasteiger partial charge in [0.05, 0.1) is 28.6 Å². The van der Waals surface area contributed by atoms with Crippen molar-refractivity contribution in [1.82, 2.24) is 29.7 Å². The van der Waals surface area contributed by atoms with Gasteiger partial charge in [-0.05, 0) is 37.6 Å². The molecule has 1 aromatic carbocycles. The van der Waals surface area contributed by atoms with Crippen molar-refractivity contribution in [3.63, 3.8) is 0 Å². The van der Waals surface area contributed by atoms with Crippen molar-refractivity contribution in [2.24, 2.45) is 5.41 Å². The molecule has 2 saturated heterocycles. The SMILES string of the molecule is Cc1cc2[nH]nc(-c3cnc(N4CC5(C4)CN(S(C)(=O)=O)C5)c(F)c3)c2cc1O[C@@H](C)c1c(Cl)cnnc1Cl. The number of ether oxygens (including phenoxy) is 1. The lowest BCUT2D eigenvalue weighted by atomic mass is 9.74. The number of rotatable bonds is 6. The summed E-state index contributed by atoms with van der Waals surface area (Å²) in [5, 5.41) is 16.3. The lowest BCUT2D eigenvalue weighted by molar-refractivity contribution is 0.0390. The Labute approximate surface area is 234 Å². The molecule has 4 aromatic rings. The van der Waals surface area contributed by atoms with Crippen molar-refractivity contribution < 1.29 is 17.5 Å². The van der Waals surface area contributed by atoms with Crippen LogP contribution in [0.3, 0.4) is 0 Å². The summed E-state index contributed by atoms with van der Waals surface area (Å²) in [5.41, 5.74) is 3.07. The van der Waals surface area contributed by atoms with Crippen molar-refractivity contribution in [2.75, 3.05) is 37.3 Å². The Kier molecular flexibility index (Phi) is 6.21. The number of pyridine rings is 1. The van der Waals surface area contributed by atoms with Gasteiger partial charge in [-0.15, -0.1) is 5.10 Å². The predicted molar refractivity (Wildman–Crippen MR) is 146 cm³/mol. The van der Waals surface area contributed by atoms with E-state index in [0.717, 1.165) is 16.5 Å². The highest BCUT2D eigenvalue weighted by molar-refractivity contribution is 7.88. The van der Waals surface area contributed by atoms with Crippen LogP contribution in [0.5, 0.6) is 5.75 Å². The Morgan fingerprint density at radius 3 is 2.56 bits per heavy atom. The molecule has 1 atom stereocenters. The molecule has 0 amide bonds.